The van der Waals surface area contributed by atoms with E-state index in [2.05, 4.69) is 33.5 Å². The fourth-order valence-electron chi connectivity index (χ4n) is 2.72. The van der Waals surface area contributed by atoms with Crippen molar-refractivity contribution < 1.29 is 4.74 Å². The average molecular weight is 279 g/mol. The SMILES string of the molecule is NCC(P)Cc1cccc(OCC2CCCCC2)c1. The molecule has 2 nitrogen and oxygen atoms in total. The molecule has 0 aliphatic heterocycles. The van der Waals surface area contributed by atoms with E-state index >= 15 is 0 Å². The van der Waals surface area contributed by atoms with Crippen LogP contribution in [0.3, 0.4) is 0 Å². The summed E-state index contributed by atoms with van der Waals surface area (Å²) in [4.78, 5) is 0. The van der Waals surface area contributed by atoms with Crippen LogP contribution in [0.25, 0.3) is 0 Å². The highest BCUT2D eigenvalue weighted by Crippen LogP contribution is 2.25. The number of rotatable bonds is 6. The number of nitrogens with two attached hydrogens (primary N) is 1. The lowest BCUT2D eigenvalue weighted by Crippen LogP contribution is -2.16. The van der Waals surface area contributed by atoms with Gasteiger partial charge in [-0.1, -0.05) is 31.4 Å². The van der Waals surface area contributed by atoms with Gasteiger partial charge in [-0.15, -0.1) is 9.24 Å². The smallest absolute Gasteiger partial charge is 0.119 e. The quantitative estimate of drug-likeness (QED) is 0.810. The van der Waals surface area contributed by atoms with Crippen molar-refractivity contribution in [3.63, 3.8) is 0 Å². The first-order chi connectivity index (χ1) is 9.28. The van der Waals surface area contributed by atoms with E-state index in [1.165, 1.54) is 37.7 Å². The van der Waals surface area contributed by atoms with Crippen molar-refractivity contribution in [3.05, 3.63) is 29.8 Å². The van der Waals surface area contributed by atoms with Crippen LogP contribution in [-0.2, 0) is 6.42 Å². The molecule has 0 spiro atoms. The van der Waals surface area contributed by atoms with Gasteiger partial charge in [0, 0.05) is 0 Å². The highest BCUT2D eigenvalue weighted by atomic mass is 31.0. The van der Waals surface area contributed by atoms with E-state index in [0.717, 1.165) is 24.7 Å². The van der Waals surface area contributed by atoms with Crippen molar-refractivity contribution in [2.45, 2.75) is 44.2 Å². The zero-order valence-electron chi connectivity index (χ0n) is 11.7. The minimum Gasteiger partial charge on any atom is -0.493 e. The largest absolute Gasteiger partial charge is 0.493 e. The van der Waals surface area contributed by atoms with E-state index in [0.29, 0.717) is 12.2 Å². The monoisotopic (exact) mass is 279 g/mol. The second-order valence-corrected chi connectivity index (χ2v) is 6.61. The molecule has 3 heteroatoms. The van der Waals surface area contributed by atoms with Crippen LogP contribution < -0.4 is 10.5 Å². The molecule has 0 heterocycles. The number of hydrogen-bond donors (Lipinski definition) is 1. The summed E-state index contributed by atoms with van der Waals surface area (Å²) < 4.78 is 5.96. The summed E-state index contributed by atoms with van der Waals surface area (Å²) in [5.74, 6) is 1.77. The molecule has 1 fully saturated rings. The van der Waals surface area contributed by atoms with E-state index in [9.17, 15) is 0 Å². The summed E-state index contributed by atoms with van der Waals surface area (Å²) in [7, 11) is 2.81. The van der Waals surface area contributed by atoms with Crippen LogP contribution >= 0.6 is 9.24 Å². The molecular formula is C16H26NOP. The predicted molar refractivity (Wildman–Crippen MR) is 84.8 cm³/mol. The summed E-state index contributed by atoms with van der Waals surface area (Å²) in [5, 5.41) is 0. The molecule has 1 aromatic rings. The van der Waals surface area contributed by atoms with Gasteiger partial charge in [0.1, 0.15) is 5.75 Å². The van der Waals surface area contributed by atoms with Crippen LogP contribution in [-0.4, -0.2) is 18.8 Å². The maximum absolute atomic E-state index is 5.96. The van der Waals surface area contributed by atoms with Crippen LogP contribution in [0.15, 0.2) is 24.3 Å². The third kappa shape index (κ3) is 5.12. The minimum absolute atomic E-state index is 0.452. The predicted octanol–water partition coefficient (Wildman–Crippen LogP) is 3.39. The van der Waals surface area contributed by atoms with Gasteiger partial charge in [-0.25, -0.2) is 0 Å². The fourth-order valence-corrected chi connectivity index (χ4v) is 2.99. The first-order valence-corrected chi connectivity index (χ1v) is 8.12. The van der Waals surface area contributed by atoms with Gasteiger partial charge in [0.15, 0.2) is 0 Å². The van der Waals surface area contributed by atoms with Crippen molar-refractivity contribution in [2.24, 2.45) is 11.7 Å². The molecule has 0 amide bonds. The molecule has 1 saturated carbocycles. The van der Waals surface area contributed by atoms with Gasteiger partial charge in [0.25, 0.3) is 0 Å². The summed E-state index contributed by atoms with van der Waals surface area (Å²) >= 11 is 0. The number of hydrogen-bond acceptors (Lipinski definition) is 2. The maximum atomic E-state index is 5.96. The Balaban J connectivity index is 1.84. The molecule has 2 unspecified atom stereocenters. The Morgan fingerprint density at radius 2 is 2.05 bits per heavy atom. The van der Waals surface area contributed by atoms with Crippen LogP contribution in [0, 0.1) is 5.92 Å². The Morgan fingerprint density at radius 3 is 2.79 bits per heavy atom. The summed E-state index contributed by atoms with van der Waals surface area (Å²) in [6, 6.07) is 8.46. The van der Waals surface area contributed by atoms with Crippen molar-refractivity contribution in [1.82, 2.24) is 0 Å². The van der Waals surface area contributed by atoms with Gasteiger partial charge in [-0.2, -0.15) is 0 Å². The highest BCUT2D eigenvalue weighted by molar-refractivity contribution is 7.17. The topological polar surface area (TPSA) is 35.2 Å². The number of benzene rings is 1. The second kappa shape index (κ2) is 7.87. The Kier molecular flexibility index (Phi) is 6.13. The first-order valence-electron chi connectivity index (χ1n) is 7.45. The van der Waals surface area contributed by atoms with Crippen LogP contribution in [0.4, 0.5) is 0 Å². The van der Waals surface area contributed by atoms with Crippen molar-refractivity contribution in [3.8, 4) is 5.75 Å². The zero-order chi connectivity index (χ0) is 13.5. The van der Waals surface area contributed by atoms with E-state index < -0.39 is 0 Å². The summed E-state index contributed by atoms with van der Waals surface area (Å²) in [6.07, 6.45) is 7.82. The zero-order valence-corrected chi connectivity index (χ0v) is 12.8. The maximum Gasteiger partial charge on any atom is 0.119 e. The van der Waals surface area contributed by atoms with Crippen LogP contribution in [0.2, 0.25) is 0 Å². The van der Waals surface area contributed by atoms with Gasteiger partial charge < -0.3 is 10.5 Å². The van der Waals surface area contributed by atoms with Crippen LogP contribution in [0.5, 0.6) is 5.75 Å². The summed E-state index contributed by atoms with van der Waals surface area (Å²) in [6.45, 7) is 1.59. The molecular weight excluding hydrogens is 253 g/mol. The van der Waals surface area contributed by atoms with E-state index in [1.54, 1.807) is 0 Å². The highest BCUT2D eigenvalue weighted by Gasteiger charge is 2.14. The van der Waals surface area contributed by atoms with E-state index in [-0.39, 0.29) is 0 Å². The van der Waals surface area contributed by atoms with Crippen molar-refractivity contribution >= 4 is 9.24 Å². The second-order valence-electron chi connectivity index (χ2n) is 5.66. The molecule has 1 aliphatic carbocycles. The van der Waals surface area contributed by atoms with Crippen molar-refractivity contribution in [2.75, 3.05) is 13.2 Å². The number of ether oxygens (including phenoxy) is 1. The summed E-state index contributed by atoms with van der Waals surface area (Å²) in [5.41, 5.74) is 7.43. The van der Waals surface area contributed by atoms with Gasteiger partial charge in [0.05, 0.1) is 6.61 Å². The minimum atomic E-state index is 0.452. The van der Waals surface area contributed by atoms with Crippen molar-refractivity contribution in [1.29, 1.82) is 0 Å². The van der Waals surface area contributed by atoms with Gasteiger partial charge in [0.2, 0.25) is 0 Å². The first kappa shape index (κ1) is 14.8. The Morgan fingerprint density at radius 1 is 1.26 bits per heavy atom. The standard InChI is InChI=1S/C16H26NOP/c17-11-16(19)10-14-7-4-8-15(9-14)18-12-13-5-2-1-3-6-13/h4,7-9,13,16H,1-3,5-6,10-12,17,19H2. The third-order valence-electron chi connectivity index (χ3n) is 3.91. The molecule has 1 aromatic carbocycles. The molecule has 106 valence electrons. The lowest BCUT2D eigenvalue weighted by Gasteiger charge is -2.21. The lowest BCUT2D eigenvalue weighted by atomic mass is 9.90. The fraction of sp³-hybridized carbons (Fsp3) is 0.625. The van der Waals surface area contributed by atoms with Gasteiger partial charge in [-0.05, 0) is 55.1 Å². The molecule has 2 N–H and O–H groups in total. The van der Waals surface area contributed by atoms with E-state index in [4.69, 9.17) is 10.5 Å². The van der Waals surface area contributed by atoms with E-state index in [1.807, 2.05) is 0 Å². The third-order valence-corrected chi connectivity index (χ3v) is 4.42. The van der Waals surface area contributed by atoms with Gasteiger partial charge >= 0.3 is 0 Å². The Bertz CT molecular complexity index is 377. The molecule has 19 heavy (non-hydrogen) atoms. The van der Waals surface area contributed by atoms with Gasteiger partial charge in [-0.3, -0.25) is 0 Å². The molecule has 0 bridgehead atoms. The molecule has 0 saturated heterocycles. The normalized spacial score (nSPS) is 18.2. The Hall–Kier alpha value is -0.590. The lowest BCUT2D eigenvalue weighted by molar-refractivity contribution is 0.208. The molecule has 0 radical (unpaired) electrons. The molecule has 0 aromatic heterocycles. The Labute approximate surface area is 119 Å². The average Bonchev–Trinajstić information content (AvgIpc) is 2.46. The molecule has 2 rings (SSSR count). The molecule has 2 atom stereocenters. The van der Waals surface area contributed by atoms with Crippen LogP contribution in [0.1, 0.15) is 37.7 Å². The molecule has 1 aliphatic rings.